The number of carbonyl (C=O) groups excluding carboxylic acids is 2. The monoisotopic (exact) mass is 548 g/mol. The maximum Gasteiger partial charge on any atom is 0.405 e. The molecule has 4 rings (SSSR count). The minimum atomic E-state index is -4.18. The number of fused-ring (bicyclic) bond motifs is 1. The molecule has 0 saturated carbocycles. The van der Waals surface area contributed by atoms with Gasteiger partial charge in [0, 0.05) is 24.0 Å². The van der Waals surface area contributed by atoms with Crippen LogP contribution in [-0.2, 0) is 26.0 Å². The standard InChI is InChI=1S/C25H29ClN4O6S/c1-16(2)28-14-21-29(37(35,36)19-7-5-4-6-8-19)15-25(3,27-24(33)34)23(32)30(21)20(22(28)31)13-17-9-11-18(26)12-10-17/h4-12,16,20-21,27H,13-15H2,1-3H3,(H,33,34). The van der Waals surface area contributed by atoms with E-state index in [-0.39, 0.29) is 29.8 Å². The third kappa shape index (κ3) is 5.03. The molecule has 0 bridgehead atoms. The van der Waals surface area contributed by atoms with E-state index >= 15 is 0 Å². The van der Waals surface area contributed by atoms with Crippen LogP contribution in [0.15, 0.2) is 59.5 Å². The van der Waals surface area contributed by atoms with E-state index in [1.54, 1.807) is 47.4 Å². The van der Waals surface area contributed by atoms with Crippen LogP contribution in [0, 0.1) is 0 Å². The summed E-state index contributed by atoms with van der Waals surface area (Å²) in [5.41, 5.74) is -1.10. The van der Waals surface area contributed by atoms with E-state index in [0.29, 0.717) is 5.02 Å². The molecule has 2 aliphatic heterocycles. The van der Waals surface area contributed by atoms with Crippen LogP contribution in [-0.4, -0.2) is 82.4 Å². The lowest BCUT2D eigenvalue weighted by Gasteiger charge is -2.56. The van der Waals surface area contributed by atoms with Gasteiger partial charge in [-0.2, -0.15) is 4.31 Å². The molecule has 0 aliphatic carbocycles. The van der Waals surface area contributed by atoms with E-state index in [9.17, 15) is 27.9 Å². The van der Waals surface area contributed by atoms with Crippen LogP contribution in [0.2, 0.25) is 5.02 Å². The number of nitrogens with zero attached hydrogens (tertiary/aromatic N) is 3. The Hall–Kier alpha value is -3.15. The summed E-state index contributed by atoms with van der Waals surface area (Å²) in [5, 5.41) is 12.2. The van der Waals surface area contributed by atoms with Crippen molar-refractivity contribution in [2.45, 2.75) is 55.9 Å². The van der Waals surface area contributed by atoms with Crippen molar-refractivity contribution in [3.05, 3.63) is 65.2 Å². The Morgan fingerprint density at radius 3 is 2.32 bits per heavy atom. The fraction of sp³-hybridized carbons (Fsp3) is 0.400. The number of sulfonamides is 1. The highest BCUT2D eigenvalue weighted by Crippen LogP contribution is 2.35. The van der Waals surface area contributed by atoms with Gasteiger partial charge in [0.25, 0.3) is 5.91 Å². The quantitative estimate of drug-likeness (QED) is 0.570. The number of hydrogen-bond acceptors (Lipinski definition) is 5. The zero-order valence-electron chi connectivity index (χ0n) is 20.7. The first-order valence-electron chi connectivity index (χ1n) is 11.8. The predicted octanol–water partition coefficient (Wildman–Crippen LogP) is 2.39. The van der Waals surface area contributed by atoms with Gasteiger partial charge in [0.1, 0.15) is 17.7 Å². The average molecular weight is 549 g/mol. The molecule has 2 aromatic carbocycles. The lowest BCUT2D eigenvalue weighted by Crippen LogP contribution is -2.79. The number of rotatable bonds is 6. The minimum Gasteiger partial charge on any atom is -0.465 e. The van der Waals surface area contributed by atoms with E-state index < -0.39 is 46.3 Å². The lowest BCUT2D eigenvalue weighted by atomic mass is 9.91. The molecule has 10 nitrogen and oxygen atoms in total. The number of amides is 3. The van der Waals surface area contributed by atoms with Crippen LogP contribution >= 0.6 is 11.6 Å². The van der Waals surface area contributed by atoms with Gasteiger partial charge in [0.2, 0.25) is 15.9 Å². The van der Waals surface area contributed by atoms with Crippen molar-refractivity contribution in [1.29, 1.82) is 0 Å². The predicted molar refractivity (Wildman–Crippen MR) is 136 cm³/mol. The van der Waals surface area contributed by atoms with Crippen LogP contribution in [0.5, 0.6) is 0 Å². The summed E-state index contributed by atoms with van der Waals surface area (Å²) in [6, 6.07) is 13.2. The second-order valence-corrected chi connectivity index (χ2v) is 12.1. The van der Waals surface area contributed by atoms with Crippen LogP contribution in [0.1, 0.15) is 26.3 Å². The molecule has 2 fully saturated rings. The zero-order chi connectivity index (χ0) is 27.1. The van der Waals surface area contributed by atoms with Gasteiger partial charge < -0.3 is 20.2 Å². The minimum absolute atomic E-state index is 0.00391. The van der Waals surface area contributed by atoms with E-state index in [0.717, 1.165) is 9.87 Å². The molecule has 3 amide bonds. The van der Waals surface area contributed by atoms with Crippen molar-refractivity contribution >= 4 is 39.5 Å². The van der Waals surface area contributed by atoms with Crippen molar-refractivity contribution in [3.63, 3.8) is 0 Å². The summed E-state index contributed by atoms with van der Waals surface area (Å²) in [4.78, 5) is 42.1. The van der Waals surface area contributed by atoms with Crippen LogP contribution < -0.4 is 5.32 Å². The highest BCUT2D eigenvalue weighted by atomic mass is 35.5. The normalized spacial score (nSPS) is 24.8. The molecule has 198 valence electrons. The van der Waals surface area contributed by atoms with Gasteiger partial charge in [-0.1, -0.05) is 41.9 Å². The van der Waals surface area contributed by atoms with E-state index in [1.165, 1.54) is 24.0 Å². The van der Waals surface area contributed by atoms with Gasteiger partial charge in [0.05, 0.1) is 11.4 Å². The number of benzene rings is 2. The summed E-state index contributed by atoms with van der Waals surface area (Å²) >= 11 is 6.02. The number of carbonyl (C=O) groups is 3. The van der Waals surface area contributed by atoms with Crippen molar-refractivity contribution in [1.82, 2.24) is 19.4 Å². The van der Waals surface area contributed by atoms with Crippen molar-refractivity contribution in [2.75, 3.05) is 13.1 Å². The highest BCUT2D eigenvalue weighted by molar-refractivity contribution is 7.89. The Morgan fingerprint density at radius 2 is 1.76 bits per heavy atom. The van der Waals surface area contributed by atoms with E-state index in [4.69, 9.17) is 11.6 Å². The van der Waals surface area contributed by atoms with Crippen LogP contribution in [0.4, 0.5) is 4.79 Å². The Labute approximate surface area is 220 Å². The molecule has 2 heterocycles. The summed E-state index contributed by atoms with van der Waals surface area (Å²) < 4.78 is 28.9. The molecule has 3 atom stereocenters. The molecule has 0 aromatic heterocycles. The molecule has 2 saturated heterocycles. The van der Waals surface area contributed by atoms with Crippen LogP contribution in [0.3, 0.4) is 0 Å². The van der Waals surface area contributed by atoms with Crippen molar-refractivity contribution in [2.24, 2.45) is 0 Å². The fourth-order valence-electron chi connectivity index (χ4n) is 4.95. The summed E-state index contributed by atoms with van der Waals surface area (Å²) in [7, 11) is -4.18. The molecule has 37 heavy (non-hydrogen) atoms. The topological polar surface area (TPSA) is 127 Å². The van der Waals surface area contributed by atoms with Gasteiger partial charge in [-0.3, -0.25) is 9.59 Å². The Morgan fingerprint density at radius 1 is 1.14 bits per heavy atom. The van der Waals surface area contributed by atoms with Crippen LogP contribution in [0.25, 0.3) is 0 Å². The third-order valence-corrected chi connectivity index (χ3v) is 8.90. The SMILES string of the molecule is CC(C)N1CC2N(C(=O)C(C)(NC(=O)O)CN2S(=O)(=O)c2ccccc2)C(Cc2ccc(Cl)cc2)C1=O. The van der Waals surface area contributed by atoms with E-state index in [2.05, 4.69) is 5.32 Å². The molecule has 2 aromatic rings. The maximum absolute atomic E-state index is 13.9. The smallest absolute Gasteiger partial charge is 0.405 e. The first kappa shape index (κ1) is 26.9. The average Bonchev–Trinajstić information content (AvgIpc) is 2.84. The lowest BCUT2D eigenvalue weighted by molar-refractivity contribution is -0.172. The molecule has 3 unspecified atom stereocenters. The maximum atomic E-state index is 13.9. The Bertz CT molecular complexity index is 1300. The van der Waals surface area contributed by atoms with E-state index in [1.807, 2.05) is 13.8 Å². The molecule has 0 radical (unpaired) electrons. The summed E-state index contributed by atoms with van der Waals surface area (Å²) in [6.45, 7) is 4.51. The largest absolute Gasteiger partial charge is 0.465 e. The second kappa shape index (κ2) is 9.96. The molecule has 2 aliphatic rings. The van der Waals surface area contributed by atoms with Gasteiger partial charge >= 0.3 is 6.09 Å². The Kier molecular flexibility index (Phi) is 7.24. The number of piperazine rings is 1. The Balaban J connectivity index is 1.87. The molecular weight excluding hydrogens is 520 g/mol. The zero-order valence-corrected chi connectivity index (χ0v) is 22.2. The molecule has 2 N–H and O–H groups in total. The van der Waals surface area contributed by atoms with Gasteiger partial charge in [-0.15, -0.1) is 0 Å². The van der Waals surface area contributed by atoms with Gasteiger partial charge in [-0.05, 0) is 50.6 Å². The summed E-state index contributed by atoms with van der Waals surface area (Å²) in [6.07, 6.45) is -2.41. The molecular formula is C25H29ClN4O6S. The first-order chi connectivity index (χ1) is 17.3. The van der Waals surface area contributed by atoms with Crippen molar-refractivity contribution < 1.29 is 27.9 Å². The number of halogens is 1. The molecule has 0 spiro atoms. The second-order valence-electron chi connectivity index (χ2n) is 9.75. The third-order valence-electron chi connectivity index (χ3n) is 6.79. The number of nitrogens with one attached hydrogen (secondary N) is 1. The highest BCUT2D eigenvalue weighted by Gasteiger charge is 2.58. The van der Waals surface area contributed by atoms with Crippen molar-refractivity contribution in [3.8, 4) is 0 Å². The first-order valence-corrected chi connectivity index (χ1v) is 13.6. The number of hydrogen-bond donors (Lipinski definition) is 2. The number of carboxylic acid groups (broad SMARTS) is 1. The molecule has 12 heteroatoms. The van der Waals surface area contributed by atoms with Gasteiger partial charge in [0.15, 0.2) is 0 Å². The fourth-order valence-corrected chi connectivity index (χ4v) is 6.76. The van der Waals surface area contributed by atoms with Gasteiger partial charge in [-0.25, -0.2) is 13.2 Å². The summed E-state index contributed by atoms with van der Waals surface area (Å²) in [5.74, 6) is -0.999.